The van der Waals surface area contributed by atoms with Crippen LogP contribution in [-0.2, 0) is 16.1 Å². The van der Waals surface area contributed by atoms with E-state index in [0.717, 1.165) is 38.4 Å². The molecule has 0 atom stereocenters. The number of nitrogens with one attached hydrogen (secondary N) is 1. The lowest BCUT2D eigenvalue weighted by molar-refractivity contribution is -0.149. The molecule has 2 N–H and O–H groups in total. The van der Waals surface area contributed by atoms with Gasteiger partial charge in [0.2, 0.25) is 0 Å². The Morgan fingerprint density at radius 2 is 2.08 bits per heavy atom. The lowest BCUT2D eigenvalue weighted by Crippen LogP contribution is -2.46. The van der Waals surface area contributed by atoms with E-state index in [1.807, 2.05) is 13.8 Å². The van der Waals surface area contributed by atoms with E-state index in [1.165, 1.54) is 12.1 Å². The zero-order chi connectivity index (χ0) is 18.2. The minimum Gasteiger partial charge on any atom is -0.505 e. The maximum Gasteiger partial charge on any atom is 0.309 e. The Labute approximate surface area is 170 Å². The van der Waals surface area contributed by atoms with Crippen molar-refractivity contribution in [1.82, 2.24) is 10.2 Å². The van der Waals surface area contributed by atoms with E-state index in [4.69, 9.17) is 4.74 Å². The van der Waals surface area contributed by atoms with Gasteiger partial charge in [-0.25, -0.2) is 9.38 Å². The summed E-state index contributed by atoms with van der Waals surface area (Å²) in [7, 11) is 0. The van der Waals surface area contributed by atoms with Crippen LogP contribution in [0.15, 0.2) is 23.2 Å². The number of aliphatic imine (C=N–C) groups is 1. The fraction of sp³-hybridized carbons (Fsp3) is 0.556. The third-order valence-corrected chi connectivity index (χ3v) is 4.17. The second kappa shape index (κ2) is 11.2. The predicted octanol–water partition coefficient (Wildman–Crippen LogP) is 2.89. The number of aromatic hydroxyl groups is 1. The highest BCUT2D eigenvalue weighted by Crippen LogP contribution is 2.20. The van der Waals surface area contributed by atoms with Crippen LogP contribution < -0.4 is 5.32 Å². The first-order chi connectivity index (χ1) is 12.0. The standard InChI is InChI=1S/C18H26FN3O3.HI/c1-3-20-18(21-12-13-5-6-16(23)15(19)11-13)22-9-7-14(8-10-22)17(24)25-4-2;/h5-6,11,14,23H,3-4,7-10,12H2,1-2H3,(H,20,21);1H. The van der Waals surface area contributed by atoms with E-state index < -0.39 is 5.82 Å². The molecule has 0 spiro atoms. The number of carbonyl (C=O) groups is 1. The molecule has 1 aromatic carbocycles. The number of rotatable bonds is 5. The molecule has 1 heterocycles. The van der Waals surface area contributed by atoms with Gasteiger partial charge in [0.25, 0.3) is 0 Å². The number of phenols is 1. The Morgan fingerprint density at radius 3 is 2.65 bits per heavy atom. The number of nitrogens with zero attached hydrogens (tertiary/aromatic N) is 2. The molecule has 0 aromatic heterocycles. The summed E-state index contributed by atoms with van der Waals surface area (Å²) in [5.74, 6) is -0.430. The predicted molar refractivity (Wildman–Crippen MR) is 109 cm³/mol. The van der Waals surface area contributed by atoms with Gasteiger partial charge in [0.15, 0.2) is 17.5 Å². The SMILES string of the molecule is CCNC(=NCc1ccc(O)c(F)c1)N1CCC(C(=O)OCC)CC1.I. The number of carbonyl (C=O) groups excluding carboxylic acids is 1. The van der Waals surface area contributed by atoms with E-state index in [2.05, 4.69) is 15.2 Å². The summed E-state index contributed by atoms with van der Waals surface area (Å²) in [6, 6.07) is 4.27. The number of ether oxygens (including phenoxy) is 1. The summed E-state index contributed by atoms with van der Waals surface area (Å²) in [4.78, 5) is 18.5. The summed E-state index contributed by atoms with van der Waals surface area (Å²) >= 11 is 0. The normalized spacial score (nSPS) is 15.3. The molecular weight excluding hydrogens is 452 g/mol. The fourth-order valence-electron chi connectivity index (χ4n) is 2.83. The van der Waals surface area contributed by atoms with Gasteiger partial charge < -0.3 is 20.1 Å². The van der Waals surface area contributed by atoms with Gasteiger partial charge in [-0.3, -0.25) is 4.79 Å². The minimum atomic E-state index is -0.645. The van der Waals surface area contributed by atoms with Crippen LogP contribution in [0, 0.1) is 11.7 Å². The lowest BCUT2D eigenvalue weighted by Gasteiger charge is -2.33. The summed E-state index contributed by atoms with van der Waals surface area (Å²) in [5.41, 5.74) is 0.687. The number of benzene rings is 1. The molecule has 0 unspecified atom stereocenters. The van der Waals surface area contributed by atoms with Crippen molar-refractivity contribution in [3.63, 3.8) is 0 Å². The lowest BCUT2D eigenvalue weighted by atomic mass is 9.97. The van der Waals surface area contributed by atoms with E-state index in [9.17, 15) is 14.3 Å². The monoisotopic (exact) mass is 479 g/mol. The van der Waals surface area contributed by atoms with Gasteiger partial charge in [-0.2, -0.15) is 0 Å². The highest BCUT2D eigenvalue weighted by atomic mass is 127. The fourth-order valence-corrected chi connectivity index (χ4v) is 2.83. The maximum absolute atomic E-state index is 13.4. The van der Waals surface area contributed by atoms with Crippen molar-refractivity contribution in [3.05, 3.63) is 29.6 Å². The number of piperidine rings is 1. The van der Waals surface area contributed by atoms with E-state index in [-0.39, 0.29) is 41.6 Å². The van der Waals surface area contributed by atoms with E-state index in [1.54, 1.807) is 6.07 Å². The van der Waals surface area contributed by atoms with Crippen LogP contribution in [0.25, 0.3) is 0 Å². The van der Waals surface area contributed by atoms with Gasteiger partial charge in [-0.05, 0) is 44.4 Å². The van der Waals surface area contributed by atoms with Crippen molar-refractivity contribution in [1.29, 1.82) is 0 Å². The second-order valence-electron chi connectivity index (χ2n) is 5.97. The third-order valence-electron chi connectivity index (χ3n) is 4.17. The van der Waals surface area contributed by atoms with Crippen molar-refractivity contribution in [2.75, 3.05) is 26.2 Å². The van der Waals surface area contributed by atoms with Crippen LogP contribution in [0.3, 0.4) is 0 Å². The van der Waals surface area contributed by atoms with Gasteiger partial charge in [-0.15, -0.1) is 24.0 Å². The Hall–Kier alpha value is -1.58. The van der Waals surface area contributed by atoms with Gasteiger partial charge in [0.05, 0.1) is 19.1 Å². The first kappa shape index (κ1) is 22.5. The Kier molecular flexibility index (Phi) is 9.68. The summed E-state index contributed by atoms with van der Waals surface area (Å²) in [6.07, 6.45) is 1.47. The summed E-state index contributed by atoms with van der Waals surface area (Å²) in [6.45, 7) is 6.69. The number of hydrogen-bond acceptors (Lipinski definition) is 4. The molecule has 1 aromatic rings. The highest BCUT2D eigenvalue weighted by Gasteiger charge is 2.27. The molecule has 2 rings (SSSR count). The topological polar surface area (TPSA) is 74.2 Å². The number of hydrogen-bond donors (Lipinski definition) is 2. The first-order valence-corrected chi connectivity index (χ1v) is 8.72. The summed E-state index contributed by atoms with van der Waals surface area (Å²) in [5, 5.41) is 12.5. The Bertz CT molecular complexity index is 620. The van der Waals surface area contributed by atoms with Gasteiger partial charge in [-0.1, -0.05) is 6.07 Å². The molecule has 0 aliphatic carbocycles. The molecule has 0 radical (unpaired) electrons. The average molecular weight is 479 g/mol. The van der Waals surface area contributed by atoms with Crippen molar-refractivity contribution < 1.29 is 19.0 Å². The molecule has 26 heavy (non-hydrogen) atoms. The van der Waals surface area contributed by atoms with Crippen molar-refractivity contribution in [3.8, 4) is 5.75 Å². The smallest absolute Gasteiger partial charge is 0.309 e. The Morgan fingerprint density at radius 1 is 1.38 bits per heavy atom. The number of guanidine groups is 1. The van der Waals surface area contributed by atoms with Crippen LogP contribution in [0.1, 0.15) is 32.3 Å². The molecule has 1 aliphatic heterocycles. The molecule has 1 aliphatic rings. The second-order valence-corrected chi connectivity index (χ2v) is 5.97. The molecular formula is C18H27FIN3O3. The first-order valence-electron chi connectivity index (χ1n) is 8.72. The van der Waals surface area contributed by atoms with Crippen molar-refractivity contribution in [2.24, 2.45) is 10.9 Å². The summed E-state index contributed by atoms with van der Waals surface area (Å²) < 4.78 is 18.5. The average Bonchev–Trinajstić information content (AvgIpc) is 2.62. The number of esters is 1. The molecule has 0 amide bonds. The van der Waals surface area contributed by atoms with Crippen LogP contribution in [-0.4, -0.2) is 48.2 Å². The molecule has 0 saturated carbocycles. The van der Waals surface area contributed by atoms with Gasteiger partial charge >= 0.3 is 5.97 Å². The highest BCUT2D eigenvalue weighted by molar-refractivity contribution is 14.0. The van der Waals surface area contributed by atoms with Crippen molar-refractivity contribution in [2.45, 2.75) is 33.2 Å². The van der Waals surface area contributed by atoms with Crippen LogP contribution >= 0.6 is 24.0 Å². The molecule has 146 valence electrons. The molecule has 1 saturated heterocycles. The molecule has 0 bridgehead atoms. The largest absolute Gasteiger partial charge is 0.505 e. The third kappa shape index (κ3) is 6.30. The Balaban J connectivity index is 0.00000338. The molecule has 8 heteroatoms. The number of likely N-dealkylation sites (tertiary alicyclic amines) is 1. The zero-order valence-electron chi connectivity index (χ0n) is 15.2. The van der Waals surface area contributed by atoms with Gasteiger partial charge in [0, 0.05) is 19.6 Å². The molecule has 1 fully saturated rings. The van der Waals surface area contributed by atoms with E-state index in [0.29, 0.717) is 18.7 Å². The number of halogens is 2. The zero-order valence-corrected chi connectivity index (χ0v) is 17.5. The van der Waals surface area contributed by atoms with Crippen LogP contribution in [0.2, 0.25) is 0 Å². The quantitative estimate of drug-likeness (QED) is 0.294. The van der Waals surface area contributed by atoms with Crippen LogP contribution in [0.4, 0.5) is 4.39 Å². The van der Waals surface area contributed by atoms with Gasteiger partial charge in [0.1, 0.15) is 0 Å². The maximum atomic E-state index is 13.4. The van der Waals surface area contributed by atoms with Crippen LogP contribution in [0.5, 0.6) is 5.75 Å². The van der Waals surface area contributed by atoms with Crippen molar-refractivity contribution >= 4 is 35.9 Å². The van der Waals surface area contributed by atoms with E-state index >= 15 is 0 Å². The molecule has 6 nitrogen and oxygen atoms in total. The number of phenolic OH excluding ortho intramolecular Hbond substituents is 1. The minimum absolute atomic E-state index is 0.